The number of benzene rings is 1. The molecule has 2 rings (SSSR count). The van der Waals surface area contributed by atoms with Crippen LogP contribution in [-0.4, -0.2) is 26.7 Å². The zero-order valence-electron chi connectivity index (χ0n) is 9.34. The fourth-order valence-electron chi connectivity index (χ4n) is 1.38. The lowest BCUT2D eigenvalue weighted by Crippen LogP contribution is -2.03. The Hall–Kier alpha value is -2.17. The average Bonchev–Trinajstić information content (AvgIpc) is 2.81. The number of hydrogen-bond acceptors (Lipinski definition) is 5. The molecule has 0 atom stereocenters. The predicted octanol–water partition coefficient (Wildman–Crippen LogP) is 2.21. The number of fused-ring (bicyclic) bond motifs is 1. The Morgan fingerprint density at radius 1 is 1.41 bits per heavy atom. The molecule has 1 aliphatic heterocycles. The van der Waals surface area contributed by atoms with Crippen molar-refractivity contribution < 1.29 is 23.7 Å². The van der Waals surface area contributed by atoms with Crippen molar-refractivity contribution in [1.29, 1.82) is 0 Å². The normalized spacial score (nSPS) is 12.8. The van der Waals surface area contributed by atoms with Crippen molar-refractivity contribution >= 4 is 12.2 Å². The molecule has 1 aromatic rings. The topological polar surface area (TPSA) is 54.0 Å². The molecule has 1 heterocycles. The minimum Gasteiger partial charge on any atom is -0.454 e. The van der Waals surface area contributed by atoms with Crippen LogP contribution in [0.3, 0.4) is 0 Å². The first-order valence-corrected chi connectivity index (χ1v) is 5.06. The maximum absolute atomic E-state index is 10.7. The van der Waals surface area contributed by atoms with Crippen LogP contribution in [0.15, 0.2) is 24.3 Å². The SMILES string of the molecule is COC(=O)OC/C=C/c1ccc2c(c1)OCO2. The lowest BCUT2D eigenvalue weighted by Gasteiger charge is -1.99. The molecule has 0 N–H and O–H groups in total. The van der Waals surface area contributed by atoms with Crippen molar-refractivity contribution in [2.75, 3.05) is 20.5 Å². The van der Waals surface area contributed by atoms with Gasteiger partial charge >= 0.3 is 6.16 Å². The Balaban J connectivity index is 1.90. The van der Waals surface area contributed by atoms with Crippen LogP contribution < -0.4 is 9.47 Å². The summed E-state index contributed by atoms with van der Waals surface area (Å²) in [7, 11) is 1.27. The zero-order valence-corrected chi connectivity index (χ0v) is 9.34. The van der Waals surface area contributed by atoms with Gasteiger partial charge in [-0.1, -0.05) is 12.1 Å². The molecule has 0 bridgehead atoms. The van der Waals surface area contributed by atoms with Gasteiger partial charge in [0.05, 0.1) is 7.11 Å². The van der Waals surface area contributed by atoms with E-state index in [9.17, 15) is 4.79 Å². The van der Waals surface area contributed by atoms with E-state index in [1.165, 1.54) is 7.11 Å². The van der Waals surface area contributed by atoms with Gasteiger partial charge in [0.25, 0.3) is 0 Å². The van der Waals surface area contributed by atoms with Gasteiger partial charge in [-0.25, -0.2) is 4.79 Å². The zero-order chi connectivity index (χ0) is 12.1. The molecule has 0 aliphatic carbocycles. The molecular weight excluding hydrogens is 224 g/mol. The maximum Gasteiger partial charge on any atom is 0.508 e. The molecule has 0 amide bonds. The molecular formula is C12H12O5. The Labute approximate surface area is 98.5 Å². The van der Waals surface area contributed by atoms with Gasteiger partial charge in [0, 0.05) is 0 Å². The van der Waals surface area contributed by atoms with Crippen LogP contribution in [0.2, 0.25) is 0 Å². The van der Waals surface area contributed by atoms with Crippen LogP contribution >= 0.6 is 0 Å². The highest BCUT2D eigenvalue weighted by Crippen LogP contribution is 2.32. The molecule has 90 valence electrons. The van der Waals surface area contributed by atoms with Crippen LogP contribution in [-0.2, 0) is 9.47 Å². The quantitative estimate of drug-likeness (QED) is 0.753. The van der Waals surface area contributed by atoms with Crippen molar-refractivity contribution in [2.45, 2.75) is 0 Å². The highest BCUT2D eigenvalue weighted by atomic mass is 16.7. The third-order valence-corrected chi connectivity index (χ3v) is 2.17. The summed E-state index contributed by atoms with van der Waals surface area (Å²) in [6, 6.07) is 5.59. The molecule has 0 saturated carbocycles. The Kier molecular flexibility index (Phi) is 3.49. The van der Waals surface area contributed by atoms with Gasteiger partial charge in [0.2, 0.25) is 6.79 Å². The number of carbonyl (C=O) groups is 1. The third-order valence-electron chi connectivity index (χ3n) is 2.17. The summed E-state index contributed by atoms with van der Waals surface area (Å²) in [5, 5.41) is 0. The minimum absolute atomic E-state index is 0.168. The molecule has 1 aromatic carbocycles. The standard InChI is InChI=1S/C12H12O5/c1-14-12(13)15-6-2-3-9-4-5-10-11(7-9)17-8-16-10/h2-5,7H,6,8H2,1H3/b3-2+. The molecule has 5 heteroatoms. The molecule has 5 nitrogen and oxygen atoms in total. The molecule has 17 heavy (non-hydrogen) atoms. The van der Waals surface area contributed by atoms with Crippen molar-refractivity contribution in [3.8, 4) is 11.5 Å². The first kappa shape index (κ1) is 11.3. The van der Waals surface area contributed by atoms with E-state index in [0.29, 0.717) is 0 Å². The van der Waals surface area contributed by atoms with Gasteiger partial charge < -0.3 is 18.9 Å². The second kappa shape index (κ2) is 5.25. The predicted molar refractivity (Wildman–Crippen MR) is 60.0 cm³/mol. The second-order valence-electron chi connectivity index (χ2n) is 3.28. The van der Waals surface area contributed by atoms with E-state index >= 15 is 0 Å². The molecule has 0 saturated heterocycles. The van der Waals surface area contributed by atoms with Gasteiger partial charge in [-0.3, -0.25) is 0 Å². The summed E-state index contributed by atoms with van der Waals surface area (Å²) in [6.45, 7) is 0.426. The molecule has 0 spiro atoms. The van der Waals surface area contributed by atoms with Crippen molar-refractivity contribution in [1.82, 2.24) is 0 Å². The van der Waals surface area contributed by atoms with Crippen molar-refractivity contribution in [2.24, 2.45) is 0 Å². The van der Waals surface area contributed by atoms with Crippen LogP contribution in [0.25, 0.3) is 6.08 Å². The Morgan fingerprint density at radius 2 is 2.24 bits per heavy atom. The van der Waals surface area contributed by atoms with E-state index in [1.807, 2.05) is 24.3 Å². The average molecular weight is 236 g/mol. The summed E-state index contributed by atoms with van der Waals surface area (Å²) in [4.78, 5) is 10.7. The van der Waals surface area contributed by atoms with E-state index in [-0.39, 0.29) is 13.4 Å². The second-order valence-corrected chi connectivity index (χ2v) is 3.28. The van der Waals surface area contributed by atoms with E-state index in [4.69, 9.17) is 14.2 Å². The molecule has 0 radical (unpaired) electrons. The van der Waals surface area contributed by atoms with Crippen molar-refractivity contribution in [3.63, 3.8) is 0 Å². The first-order valence-electron chi connectivity index (χ1n) is 5.06. The van der Waals surface area contributed by atoms with E-state index in [0.717, 1.165) is 17.1 Å². The van der Waals surface area contributed by atoms with Gasteiger partial charge in [-0.2, -0.15) is 0 Å². The fraction of sp³-hybridized carbons (Fsp3) is 0.250. The van der Waals surface area contributed by atoms with E-state index < -0.39 is 6.16 Å². The summed E-state index contributed by atoms with van der Waals surface area (Å²) < 4.78 is 19.5. The molecule has 1 aliphatic rings. The lowest BCUT2D eigenvalue weighted by atomic mass is 10.2. The summed E-state index contributed by atoms with van der Waals surface area (Å²) in [5.74, 6) is 1.47. The van der Waals surface area contributed by atoms with E-state index in [1.54, 1.807) is 6.08 Å². The van der Waals surface area contributed by atoms with Crippen LogP contribution in [0.5, 0.6) is 11.5 Å². The number of ether oxygens (including phenoxy) is 4. The molecule has 0 fully saturated rings. The van der Waals surface area contributed by atoms with Crippen LogP contribution in [0, 0.1) is 0 Å². The summed E-state index contributed by atoms with van der Waals surface area (Å²) >= 11 is 0. The summed E-state index contributed by atoms with van der Waals surface area (Å²) in [6.07, 6.45) is 2.85. The third kappa shape index (κ3) is 2.90. The smallest absolute Gasteiger partial charge is 0.454 e. The molecule has 0 aromatic heterocycles. The van der Waals surface area contributed by atoms with Crippen molar-refractivity contribution in [3.05, 3.63) is 29.8 Å². The van der Waals surface area contributed by atoms with E-state index in [2.05, 4.69) is 4.74 Å². The minimum atomic E-state index is -0.694. The number of methoxy groups -OCH3 is 1. The van der Waals surface area contributed by atoms with Gasteiger partial charge in [-0.15, -0.1) is 0 Å². The molecule has 0 unspecified atom stereocenters. The number of hydrogen-bond donors (Lipinski definition) is 0. The van der Waals surface area contributed by atoms with Crippen LogP contribution in [0.4, 0.5) is 4.79 Å². The maximum atomic E-state index is 10.7. The Bertz CT molecular complexity index is 439. The lowest BCUT2D eigenvalue weighted by molar-refractivity contribution is 0.0819. The monoisotopic (exact) mass is 236 g/mol. The van der Waals surface area contributed by atoms with Gasteiger partial charge in [-0.05, 0) is 23.8 Å². The Morgan fingerprint density at radius 3 is 3.06 bits per heavy atom. The van der Waals surface area contributed by atoms with Gasteiger partial charge in [0.15, 0.2) is 11.5 Å². The largest absolute Gasteiger partial charge is 0.508 e. The highest BCUT2D eigenvalue weighted by molar-refractivity contribution is 5.60. The van der Waals surface area contributed by atoms with Crippen LogP contribution in [0.1, 0.15) is 5.56 Å². The number of rotatable bonds is 3. The van der Waals surface area contributed by atoms with Gasteiger partial charge in [0.1, 0.15) is 6.61 Å². The number of carbonyl (C=O) groups excluding carboxylic acids is 1. The summed E-state index contributed by atoms with van der Waals surface area (Å²) in [5.41, 5.74) is 0.947. The fourth-order valence-corrected chi connectivity index (χ4v) is 1.38. The first-order chi connectivity index (χ1) is 8.29. The highest BCUT2D eigenvalue weighted by Gasteiger charge is 2.11.